The van der Waals surface area contributed by atoms with Gasteiger partial charge in [0, 0.05) is 38.3 Å². The number of nitrogens with one attached hydrogen (secondary N) is 4. The highest BCUT2D eigenvalue weighted by Crippen LogP contribution is 2.30. The summed E-state index contributed by atoms with van der Waals surface area (Å²) < 4.78 is 39.1. The van der Waals surface area contributed by atoms with Gasteiger partial charge >= 0.3 is 12.2 Å². The molecule has 4 N–H and O–H groups in total. The van der Waals surface area contributed by atoms with Crippen LogP contribution in [0.25, 0.3) is 0 Å². The summed E-state index contributed by atoms with van der Waals surface area (Å²) in [7, 11) is 0. The summed E-state index contributed by atoms with van der Waals surface area (Å²) in [5.41, 5.74) is -0.884. The highest BCUT2D eigenvalue weighted by molar-refractivity contribution is 5.96. The molecule has 0 aliphatic carbocycles. The number of hydrogen-bond acceptors (Lipinski definition) is 4. The van der Waals surface area contributed by atoms with Crippen molar-refractivity contribution in [3.05, 3.63) is 65.7 Å². The van der Waals surface area contributed by atoms with Crippen molar-refractivity contribution < 1.29 is 27.6 Å². The first kappa shape index (κ1) is 29.0. The zero-order valence-electron chi connectivity index (χ0n) is 21.7. The van der Waals surface area contributed by atoms with E-state index in [-0.39, 0.29) is 18.0 Å². The maximum absolute atomic E-state index is 13.5. The fourth-order valence-corrected chi connectivity index (χ4v) is 4.16. The molecule has 206 valence electrons. The van der Waals surface area contributed by atoms with E-state index in [0.717, 1.165) is 17.7 Å². The minimum Gasteiger partial charge on any atom is -0.342 e. The van der Waals surface area contributed by atoms with Gasteiger partial charge in [-0.25, -0.2) is 4.79 Å². The first-order valence-electron chi connectivity index (χ1n) is 12.4. The van der Waals surface area contributed by atoms with E-state index >= 15 is 0 Å². The molecule has 3 rings (SSSR count). The third-order valence-electron chi connectivity index (χ3n) is 6.18. The molecule has 1 saturated heterocycles. The molecule has 1 fully saturated rings. The van der Waals surface area contributed by atoms with Gasteiger partial charge in [0.05, 0.1) is 5.56 Å². The number of hydrogen-bond donors (Lipinski definition) is 4. The maximum atomic E-state index is 13.5. The molecule has 0 spiro atoms. The summed E-state index contributed by atoms with van der Waals surface area (Å²) in [6.45, 7) is 7.56. The molecule has 1 aliphatic heterocycles. The summed E-state index contributed by atoms with van der Waals surface area (Å²) in [6.07, 6.45) is -4.30. The number of benzene rings is 2. The molecule has 0 bridgehead atoms. The van der Waals surface area contributed by atoms with Gasteiger partial charge in [-0.15, -0.1) is 0 Å². The van der Waals surface area contributed by atoms with E-state index in [2.05, 4.69) is 21.3 Å². The van der Waals surface area contributed by atoms with Gasteiger partial charge in [0.2, 0.25) is 11.8 Å². The molecule has 2 atom stereocenters. The maximum Gasteiger partial charge on any atom is 0.416 e. The number of rotatable bonds is 7. The molecule has 4 amide bonds. The van der Waals surface area contributed by atoms with Crippen molar-refractivity contribution in [3.8, 4) is 0 Å². The monoisotopic (exact) mass is 533 g/mol. The van der Waals surface area contributed by atoms with Crippen molar-refractivity contribution in [3.63, 3.8) is 0 Å². The molecular weight excluding hydrogens is 499 g/mol. The van der Waals surface area contributed by atoms with E-state index < -0.39 is 41.2 Å². The number of carbonyl (C=O) groups excluding carboxylic acids is 3. The lowest BCUT2D eigenvalue weighted by Gasteiger charge is -2.34. The molecule has 2 aromatic rings. The molecule has 2 unspecified atom stereocenters. The summed E-state index contributed by atoms with van der Waals surface area (Å²) in [6, 6.07) is 10.7. The molecule has 0 radical (unpaired) electrons. The molecule has 2 aromatic carbocycles. The van der Waals surface area contributed by atoms with E-state index in [1.807, 2.05) is 30.3 Å². The smallest absolute Gasteiger partial charge is 0.342 e. The van der Waals surface area contributed by atoms with Gasteiger partial charge in [0.15, 0.2) is 0 Å². The van der Waals surface area contributed by atoms with E-state index in [0.29, 0.717) is 26.2 Å². The van der Waals surface area contributed by atoms with Crippen molar-refractivity contribution in [1.29, 1.82) is 0 Å². The number of carbonyl (C=O) groups is 3. The quantitative estimate of drug-likeness (QED) is 0.438. The Balaban J connectivity index is 1.76. The van der Waals surface area contributed by atoms with Gasteiger partial charge in [-0.3, -0.25) is 9.59 Å². The van der Waals surface area contributed by atoms with Crippen LogP contribution in [0.1, 0.15) is 31.9 Å². The Labute approximate surface area is 220 Å². The Hall–Kier alpha value is -3.60. The Morgan fingerprint density at radius 1 is 0.947 bits per heavy atom. The van der Waals surface area contributed by atoms with E-state index in [1.54, 1.807) is 25.7 Å². The zero-order chi connectivity index (χ0) is 27.9. The molecule has 11 heteroatoms. The standard InChI is InChI=1S/C27H34F3N5O3/c1-26(2,3)22(34-25(38)32-20-11-7-10-19(17-20)27(28,29)30)23(36)33-21(16-18-8-5-4-6-9-18)24(37)35-14-12-31-13-15-35/h4-11,17,21-22,31H,12-16H2,1-3H3,(H,33,36)(H2,32,34,38). The first-order chi connectivity index (χ1) is 17.8. The van der Waals surface area contributed by atoms with Gasteiger partial charge in [-0.05, 0) is 29.2 Å². The third-order valence-corrected chi connectivity index (χ3v) is 6.18. The van der Waals surface area contributed by atoms with Crippen LogP contribution >= 0.6 is 0 Å². The number of anilines is 1. The number of amides is 4. The van der Waals surface area contributed by atoms with Crippen LogP contribution in [0.2, 0.25) is 0 Å². The lowest BCUT2D eigenvalue weighted by Crippen LogP contribution is -2.60. The molecule has 1 heterocycles. The minimum atomic E-state index is -4.56. The first-order valence-corrected chi connectivity index (χ1v) is 12.4. The molecule has 38 heavy (non-hydrogen) atoms. The summed E-state index contributed by atoms with van der Waals surface area (Å²) in [5.74, 6) is -0.786. The molecule has 0 aromatic heterocycles. The van der Waals surface area contributed by atoms with E-state index in [4.69, 9.17) is 0 Å². The molecule has 0 saturated carbocycles. The van der Waals surface area contributed by atoms with Crippen molar-refractivity contribution in [2.45, 2.75) is 45.5 Å². The van der Waals surface area contributed by atoms with Crippen LogP contribution < -0.4 is 21.3 Å². The number of nitrogens with zero attached hydrogens (tertiary/aromatic N) is 1. The van der Waals surface area contributed by atoms with Gasteiger partial charge in [0.1, 0.15) is 12.1 Å². The molecular formula is C27H34F3N5O3. The Bertz CT molecular complexity index is 1110. The number of alkyl halides is 3. The molecule has 1 aliphatic rings. The second-order valence-electron chi connectivity index (χ2n) is 10.3. The van der Waals surface area contributed by atoms with Crippen molar-refractivity contribution in [1.82, 2.24) is 20.9 Å². The fraction of sp³-hybridized carbons (Fsp3) is 0.444. The fourth-order valence-electron chi connectivity index (χ4n) is 4.16. The molecule has 8 nitrogen and oxygen atoms in total. The minimum absolute atomic E-state index is 0.0683. The highest BCUT2D eigenvalue weighted by Gasteiger charge is 2.36. The lowest BCUT2D eigenvalue weighted by atomic mass is 9.86. The topological polar surface area (TPSA) is 103 Å². The van der Waals surface area contributed by atoms with Gasteiger partial charge < -0.3 is 26.2 Å². The predicted octanol–water partition coefficient (Wildman–Crippen LogP) is 3.40. The summed E-state index contributed by atoms with van der Waals surface area (Å²) in [5, 5.41) is 11.0. The highest BCUT2D eigenvalue weighted by atomic mass is 19.4. The largest absolute Gasteiger partial charge is 0.416 e. The zero-order valence-corrected chi connectivity index (χ0v) is 21.7. The number of halogens is 3. The Kier molecular flexibility index (Phi) is 9.37. The lowest BCUT2D eigenvalue weighted by molar-refractivity contribution is -0.138. The van der Waals surface area contributed by atoms with Crippen molar-refractivity contribution in [2.24, 2.45) is 5.41 Å². The van der Waals surface area contributed by atoms with Crippen LogP contribution in [0.15, 0.2) is 54.6 Å². The average molecular weight is 534 g/mol. The van der Waals surface area contributed by atoms with E-state index in [1.165, 1.54) is 12.1 Å². The van der Waals surface area contributed by atoms with Crippen LogP contribution in [0, 0.1) is 5.41 Å². The van der Waals surface area contributed by atoms with Crippen molar-refractivity contribution in [2.75, 3.05) is 31.5 Å². The van der Waals surface area contributed by atoms with Gasteiger partial charge in [-0.2, -0.15) is 13.2 Å². The van der Waals surface area contributed by atoms with E-state index in [9.17, 15) is 27.6 Å². The Morgan fingerprint density at radius 3 is 2.21 bits per heavy atom. The second-order valence-corrected chi connectivity index (χ2v) is 10.3. The van der Waals surface area contributed by atoms with Gasteiger partial charge in [0.25, 0.3) is 0 Å². The number of piperazine rings is 1. The SMILES string of the molecule is CC(C)(C)C(NC(=O)Nc1cccc(C(F)(F)F)c1)C(=O)NC(Cc1ccccc1)C(=O)N1CCNCC1. The number of urea groups is 1. The van der Waals surface area contributed by atoms with Crippen LogP contribution in [0.5, 0.6) is 0 Å². The Morgan fingerprint density at radius 2 is 1.61 bits per heavy atom. The average Bonchev–Trinajstić information content (AvgIpc) is 2.86. The van der Waals surface area contributed by atoms with Crippen LogP contribution in [-0.4, -0.2) is 61.0 Å². The second kappa shape index (κ2) is 12.3. The van der Waals surface area contributed by atoms with Crippen LogP contribution in [-0.2, 0) is 22.2 Å². The third kappa shape index (κ3) is 8.20. The van der Waals surface area contributed by atoms with Crippen molar-refractivity contribution >= 4 is 23.5 Å². The predicted molar refractivity (Wildman–Crippen MR) is 138 cm³/mol. The van der Waals surface area contributed by atoms with Crippen LogP contribution in [0.4, 0.5) is 23.7 Å². The summed E-state index contributed by atoms with van der Waals surface area (Å²) in [4.78, 5) is 41.3. The summed E-state index contributed by atoms with van der Waals surface area (Å²) >= 11 is 0. The van der Waals surface area contributed by atoms with Crippen LogP contribution in [0.3, 0.4) is 0 Å². The van der Waals surface area contributed by atoms with Gasteiger partial charge in [-0.1, -0.05) is 57.2 Å². The normalized spacial score (nSPS) is 15.8.